The Balaban J connectivity index is 1.34. The van der Waals surface area contributed by atoms with Crippen LogP contribution in [0.15, 0.2) is 91.4 Å². The number of nitrogens with two attached hydrogens (primary N) is 4. The van der Waals surface area contributed by atoms with Crippen LogP contribution in [-0.4, -0.2) is 148 Å². The molecule has 3 aromatic heterocycles. The molecule has 3 aromatic carbocycles. The van der Waals surface area contributed by atoms with Gasteiger partial charge in [0.05, 0.1) is 6.61 Å². The predicted molar refractivity (Wildman–Crippen MR) is 320 cm³/mol. The highest BCUT2D eigenvalue weighted by Crippen LogP contribution is 2.23. The zero-order valence-electron chi connectivity index (χ0n) is 47.4. The summed E-state index contributed by atoms with van der Waals surface area (Å²) < 4.78 is 0. The van der Waals surface area contributed by atoms with Crippen LogP contribution < -0.4 is 65.5 Å². The predicted octanol–water partition coefficient (Wildman–Crippen LogP) is 0.559. The Labute approximate surface area is 487 Å². The smallest absolute Gasteiger partial charge is 0.245 e. The molecule has 0 spiro atoms. The van der Waals surface area contributed by atoms with Crippen LogP contribution in [0.5, 0.6) is 0 Å². The summed E-state index contributed by atoms with van der Waals surface area (Å²) >= 11 is 0. The van der Waals surface area contributed by atoms with E-state index in [0.29, 0.717) is 68.1 Å². The summed E-state index contributed by atoms with van der Waals surface area (Å²) in [4.78, 5) is 128. The molecule has 1 aliphatic heterocycles. The van der Waals surface area contributed by atoms with Gasteiger partial charge in [0.15, 0.2) is 0 Å². The van der Waals surface area contributed by atoms with Gasteiger partial charge < -0.3 is 85.5 Å². The molecular weight excluding hydrogens is 1070 g/mol. The van der Waals surface area contributed by atoms with Gasteiger partial charge in [-0.15, -0.1) is 0 Å². The van der Waals surface area contributed by atoms with E-state index >= 15 is 14.4 Å². The number of aliphatic hydroxyl groups is 1. The number of unbranched alkanes of at least 4 members (excludes halogenated alkanes) is 4. The molecule has 24 heteroatoms. The number of aromatic amines is 3. The summed E-state index contributed by atoms with van der Waals surface area (Å²) in [6.45, 7) is 0.183. The third-order valence-electron chi connectivity index (χ3n) is 15.3. The van der Waals surface area contributed by atoms with E-state index in [1.165, 1.54) is 0 Å². The monoisotopic (exact) mass is 1160 g/mol. The van der Waals surface area contributed by atoms with Gasteiger partial charge in [-0.2, -0.15) is 0 Å². The first-order chi connectivity index (χ1) is 40.7. The lowest BCUT2D eigenvalue weighted by atomic mass is 9.99. The number of carbonyl (C=O) groups is 8. The van der Waals surface area contributed by atoms with Gasteiger partial charge >= 0.3 is 0 Å². The Morgan fingerprint density at radius 3 is 0.798 bits per heavy atom. The summed E-state index contributed by atoms with van der Waals surface area (Å²) in [7, 11) is 0. The van der Waals surface area contributed by atoms with Gasteiger partial charge in [0.2, 0.25) is 47.3 Å². The maximum Gasteiger partial charge on any atom is 0.245 e. The van der Waals surface area contributed by atoms with Gasteiger partial charge in [-0.3, -0.25) is 38.4 Å². The average Bonchev–Trinajstić information content (AvgIpc) is 4.29. The van der Waals surface area contributed by atoms with Crippen molar-refractivity contribution in [2.45, 2.75) is 145 Å². The summed E-state index contributed by atoms with van der Waals surface area (Å²) in [6, 6.07) is 11.2. The summed E-state index contributed by atoms with van der Waals surface area (Å²) in [5, 5.41) is 35.4. The van der Waals surface area contributed by atoms with Crippen molar-refractivity contribution in [1.29, 1.82) is 0 Å². The topological polar surface area (TPSA) is 404 Å². The maximum absolute atomic E-state index is 15.4. The van der Waals surface area contributed by atoms with Crippen molar-refractivity contribution < 1.29 is 43.5 Å². The van der Waals surface area contributed by atoms with Crippen molar-refractivity contribution in [3.05, 3.63) is 108 Å². The van der Waals surface area contributed by atoms with Crippen LogP contribution in [0.1, 0.15) is 93.7 Å². The Bertz CT molecular complexity index is 3170. The van der Waals surface area contributed by atoms with Crippen LogP contribution >= 0.6 is 0 Å². The van der Waals surface area contributed by atoms with Gasteiger partial charge in [-0.1, -0.05) is 54.6 Å². The number of para-hydroxylation sites is 3. The zero-order valence-corrected chi connectivity index (χ0v) is 47.4. The number of rotatable bonds is 23. The fourth-order valence-electron chi connectivity index (χ4n) is 10.6. The van der Waals surface area contributed by atoms with Crippen molar-refractivity contribution in [2.75, 3.05) is 32.8 Å². The lowest BCUT2D eigenvalue weighted by molar-refractivity contribution is -0.137. The van der Waals surface area contributed by atoms with Crippen LogP contribution in [0.3, 0.4) is 0 Å². The molecule has 0 aliphatic carbocycles. The van der Waals surface area contributed by atoms with Crippen LogP contribution in [0.4, 0.5) is 0 Å². The van der Waals surface area contributed by atoms with Crippen molar-refractivity contribution in [3.8, 4) is 0 Å². The van der Waals surface area contributed by atoms with E-state index < -0.39 is 102 Å². The molecule has 8 amide bonds. The zero-order chi connectivity index (χ0) is 60.0. The molecule has 0 bridgehead atoms. The Morgan fingerprint density at radius 2 is 0.536 bits per heavy atom. The van der Waals surface area contributed by atoms with Crippen LogP contribution in [0.25, 0.3) is 32.7 Å². The van der Waals surface area contributed by atoms with Crippen molar-refractivity contribution in [1.82, 2.24) is 57.5 Å². The van der Waals surface area contributed by atoms with E-state index in [9.17, 15) is 29.1 Å². The number of fused-ring (bicyclic) bond motifs is 3. The fraction of sp³-hybridized carbons (Fsp3) is 0.467. The molecule has 1 saturated heterocycles. The summed E-state index contributed by atoms with van der Waals surface area (Å²) in [5.41, 5.74) is 27.7. The lowest BCUT2D eigenvalue weighted by Gasteiger charge is -2.29. The second-order valence-electron chi connectivity index (χ2n) is 21.5. The van der Waals surface area contributed by atoms with Crippen molar-refractivity contribution >= 4 is 80.0 Å². The molecule has 6 aromatic rings. The van der Waals surface area contributed by atoms with E-state index in [2.05, 4.69) is 57.5 Å². The minimum absolute atomic E-state index is 0.0245. The Hall–Kier alpha value is -8.16. The number of H-pyrrole nitrogens is 3. The minimum Gasteiger partial charge on any atom is -0.394 e. The average molecular weight is 1160 g/mol. The van der Waals surface area contributed by atoms with Crippen molar-refractivity contribution in [3.63, 3.8) is 0 Å². The van der Waals surface area contributed by atoms with Crippen LogP contribution in [0, 0.1) is 0 Å². The summed E-state index contributed by atoms with van der Waals surface area (Å²) in [6.07, 6.45) is 8.46. The largest absolute Gasteiger partial charge is 0.394 e. The third kappa shape index (κ3) is 17.4. The standard InChI is InChI=1S/C60H83N15O9/c61-25-11-7-21-45-53(77)69-48(24-10-14-28-64)56(80)75-52(35-76)60(84)71-47(23-9-13-27-63)55(79)72-50(30-37-33-66-43-19-5-2-16-40(37)43)58(82)74-51(31-38-34-67-44-20-6-3-17-41(38)44)59(83)73-49(29-36-32-65-42-18-4-1-15-39(36)42)57(81)70-46(54(78)68-45)22-8-12-26-62/h1-6,15-20,32-34,45-52,65-67,76H,7-14,21-31,35,61-64H2,(H,68,78)(H,69,77)(H,70,81)(H,71,84)(H,72,79)(H,73,83)(H,74,82)(H,75,80)/t45-,46-,47-,48-,49-,50-,51-,52-/m0/s1. The number of hydrogen-bond acceptors (Lipinski definition) is 13. The normalized spacial score (nSPS) is 22.1. The fourth-order valence-corrected chi connectivity index (χ4v) is 10.6. The number of nitrogens with one attached hydrogen (secondary N) is 11. The van der Waals surface area contributed by atoms with E-state index in [4.69, 9.17) is 22.9 Å². The van der Waals surface area contributed by atoms with Gasteiger partial charge in [-0.25, -0.2) is 0 Å². The number of amides is 8. The van der Waals surface area contributed by atoms with Gasteiger partial charge in [-0.05, 0) is 138 Å². The van der Waals surface area contributed by atoms with Crippen LogP contribution in [0.2, 0.25) is 0 Å². The molecule has 0 saturated carbocycles. The first-order valence-corrected chi connectivity index (χ1v) is 29.2. The second-order valence-corrected chi connectivity index (χ2v) is 21.5. The first-order valence-electron chi connectivity index (χ1n) is 29.2. The molecule has 0 radical (unpaired) electrons. The lowest BCUT2D eigenvalue weighted by Crippen LogP contribution is -2.62. The second kappa shape index (κ2) is 32.0. The van der Waals surface area contributed by atoms with Crippen molar-refractivity contribution in [2.24, 2.45) is 22.9 Å². The quantitative estimate of drug-likeness (QED) is 0.0391. The number of aliphatic hydroxyl groups excluding tert-OH is 1. The third-order valence-corrected chi connectivity index (χ3v) is 15.3. The van der Waals surface area contributed by atoms with E-state index in [0.717, 1.165) is 32.7 Å². The molecule has 7 rings (SSSR count). The van der Waals surface area contributed by atoms with Gasteiger partial charge in [0.1, 0.15) is 48.3 Å². The first kappa shape index (κ1) is 63.4. The Kier molecular flexibility index (Phi) is 24.2. The molecule has 8 atom stereocenters. The molecule has 1 aliphatic rings. The van der Waals surface area contributed by atoms with Crippen LogP contribution in [-0.2, 0) is 57.6 Å². The number of aromatic nitrogens is 3. The van der Waals surface area contributed by atoms with E-state index in [-0.39, 0.29) is 71.1 Å². The molecule has 0 unspecified atom stereocenters. The van der Waals surface area contributed by atoms with Gasteiger partial charge in [0.25, 0.3) is 0 Å². The van der Waals surface area contributed by atoms with Gasteiger partial charge in [0, 0.05) is 70.6 Å². The number of hydrogen-bond donors (Lipinski definition) is 16. The number of carbonyl (C=O) groups excluding carboxylic acids is 8. The molecule has 24 nitrogen and oxygen atoms in total. The highest BCUT2D eigenvalue weighted by molar-refractivity contribution is 6.00. The molecule has 1 fully saturated rings. The minimum atomic E-state index is -1.63. The van der Waals surface area contributed by atoms with E-state index in [1.807, 2.05) is 72.8 Å². The highest BCUT2D eigenvalue weighted by atomic mass is 16.3. The Morgan fingerprint density at radius 1 is 0.310 bits per heavy atom. The molecule has 452 valence electrons. The number of benzene rings is 3. The molecular formula is C60H83N15O9. The van der Waals surface area contributed by atoms with E-state index in [1.54, 1.807) is 18.6 Å². The molecule has 84 heavy (non-hydrogen) atoms. The SMILES string of the molecule is NCCCC[C@@H]1NC(=O)[C@H](CO)NC(=O)[C@H](CCCCN)NC(=O)[C@H](CCCCN)NC(=O)[C@H](CCCCN)NC(=O)[C@H](Cc2c[nH]c3ccccc23)NC(=O)[C@H](Cc2c[nH]c3ccccc23)NC(=O)[C@H](Cc2c[nH]c3ccccc23)NC1=O. The highest BCUT2D eigenvalue weighted by Gasteiger charge is 2.37. The molecule has 20 N–H and O–H groups in total. The molecule has 4 heterocycles. The summed E-state index contributed by atoms with van der Waals surface area (Å²) in [5.74, 6) is -6.35. The maximum atomic E-state index is 15.4.